The fourth-order valence-electron chi connectivity index (χ4n) is 2.29. The number of nitrogens with zero attached hydrogens (tertiary/aromatic N) is 3. The fraction of sp³-hybridized carbons (Fsp3) is 0.167. The van der Waals surface area contributed by atoms with E-state index in [-0.39, 0.29) is 0 Å². The summed E-state index contributed by atoms with van der Waals surface area (Å²) in [6.45, 7) is 0.775. The van der Waals surface area contributed by atoms with Gasteiger partial charge in [0.15, 0.2) is 5.82 Å². The summed E-state index contributed by atoms with van der Waals surface area (Å²) < 4.78 is 5.31. The smallest absolute Gasteiger partial charge is 0.249 e. The molecule has 0 radical (unpaired) electrons. The minimum absolute atomic E-state index is 0.421. The highest BCUT2D eigenvalue weighted by atomic mass is 16.5. The molecular formula is C18H19N5O. The molecule has 6 heteroatoms. The van der Waals surface area contributed by atoms with Gasteiger partial charge in [0.25, 0.3) is 0 Å². The molecule has 3 rings (SSSR count). The maximum absolute atomic E-state index is 5.31. The van der Waals surface area contributed by atoms with E-state index in [1.807, 2.05) is 42.5 Å². The molecule has 1 aromatic heterocycles. The summed E-state index contributed by atoms with van der Waals surface area (Å²) in [6.07, 6.45) is 2.53. The summed E-state index contributed by atoms with van der Waals surface area (Å²) in [5.41, 5.74) is 2.07. The number of hydrogen-bond acceptors (Lipinski definition) is 6. The van der Waals surface area contributed by atoms with Crippen molar-refractivity contribution >= 4 is 17.5 Å². The molecule has 0 unspecified atom stereocenters. The zero-order chi connectivity index (χ0) is 16.6. The third-order valence-corrected chi connectivity index (χ3v) is 3.47. The van der Waals surface area contributed by atoms with Gasteiger partial charge < -0.3 is 15.4 Å². The lowest BCUT2D eigenvalue weighted by Crippen LogP contribution is -2.09. The second-order valence-electron chi connectivity index (χ2n) is 5.15. The van der Waals surface area contributed by atoms with Gasteiger partial charge in [0.05, 0.1) is 19.0 Å². The number of ether oxygens (including phenoxy) is 1. The molecule has 6 nitrogen and oxygen atoms in total. The minimum Gasteiger partial charge on any atom is -0.495 e. The van der Waals surface area contributed by atoms with Crippen molar-refractivity contribution in [3.63, 3.8) is 0 Å². The third kappa shape index (κ3) is 4.19. The van der Waals surface area contributed by atoms with Crippen LogP contribution in [0.4, 0.5) is 17.5 Å². The second-order valence-corrected chi connectivity index (χ2v) is 5.15. The Morgan fingerprint density at radius 1 is 1.00 bits per heavy atom. The third-order valence-electron chi connectivity index (χ3n) is 3.47. The van der Waals surface area contributed by atoms with Crippen molar-refractivity contribution in [1.82, 2.24) is 15.2 Å². The molecule has 0 aliphatic rings. The predicted octanol–water partition coefficient (Wildman–Crippen LogP) is 3.28. The summed E-state index contributed by atoms with van der Waals surface area (Å²) in [5, 5.41) is 14.4. The molecule has 0 saturated carbocycles. The fourth-order valence-corrected chi connectivity index (χ4v) is 2.29. The van der Waals surface area contributed by atoms with Gasteiger partial charge >= 0.3 is 0 Å². The second kappa shape index (κ2) is 7.92. The maximum atomic E-state index is 5.31. The zero-order valence-corrected chi connectivity index (χ0v) is 13.4. The molecule has 0 spiro atoms. The molecule has 24 heavy (non-hydrogen) atoms. The summed E-state index contributed by atoms with van der Waals surface area (Å²) >= 11 is 0. The first-order valence-corrected chi connectivity index (χ1v) is 7.73. The van der Waals surface area contributed by atoms with Gasteiger partial charge in [0.1, 0.15) is 5.75 Å². The molecule has 0 fully saturated rings. The van der Waals surface area contributed by atoms with Gasteiger partial charge in [-0.25, -0.2) is 0 Å². The monoisotopic (exact) mass is 321 g/mol. The van der Waals surface area contributed by atoms with E-state index in [0.29, 0.717) is 11.8 Å². The van der Waals surface area contributed by atoms with E-state index >= 15 is 0 Å². The molecule has 3 aromatic rings. The molecule has 0 saturated heterocycles. The Balaban J connectivity index is 1.61. The van der Waals surface area contributed by atoms with E-state index in [1.165, 1.54) is 5.56 Å². The first-order chi connectivity index (χ1) is 11.8. The molecule has 0 bridgehead atoms. The number of nitrogens with one attached hydrogen (secondary N) is 2. The maximum Gasteiger partial charge on any atom is 0.249 e. The molecule has 1 heterocycles. The van der Waals surface area contributed by atoms with Gasteiger partial charge in [0.2, 0.25) is 5.95 Å². The Hall–Kier alpha value is -3.15. The summed E-state index contributed by atoms with van der Waals surface area (Å²) in [7, 11) is 1.63. The predicted molar refractivity (Wildman–Crippen MR) is 94.7 cm³/mol. The van der Waals surface area contributed by atoms with Gasteiger partial charge in [-0.3, -0.25) is 0 Å². The van der Waals surface area contributed by atoms with Crippen molar-refractivity contribution in [1.29, 1.82) is 0 Å². The Kier molecular flexibility index (Phi) is 5.19. The van der Waals surface area contributed by atoms with Gasteiger partial charge in [0, 0.05) is 6.54 Å². The number of para-hydroxylation sites is 2. The molecule has 0 amide bonds. The molecular weight excluding hydrogens is 302 g/mol. The number of methoxy groups -OCH3 is 1. The molecule has 2 N–H and O–H groups in total. The van der Waals surface area contributed by atoms with Crippen molar-refractivity contribution in [3.05, 3.63) is 66.4 Å². The lowest BCUT2D eigenvalue weighted by atomic mass is 10.1. The average Bonchev–Trinajstić information content (AvgIpc) is 2.63. The van der Waals surface area contributed by atoms with Crippen LogP contribution in [0.2, 0.25) is 0 Å². The SMILES string of the molecule is COc1ccccc1Nc1nncc(NCCc2ccccc2)n1. The topological polar surface area (TPSA) is 72.0 Å². The highest BCUT2D eigenvalue weighted by molar-refractivity contribution is 5.62. The van der Waals surface area contributed by atoms with Gasteiger partial charge in [-0.15, -0.1) is 5.10 Å². The van der Waals surface area contributed by atoms with Crippen LogP contribution in [-0.2, 0) is 6.42 Å². The van der Waals surface area contributed by atoms with Crippen LogP contribution in [-0.4, -0.2) is 28.8 Å². The van der Waals surface area contributed by atoms with Crippen LogP contribution in [0.25, 0.3) is 0 Å². The minimum atomic E-state index is 0.421. The standard InChI is InChI=1S/C18H19N5O/c1-24-16-10-6-5-9-15(16)21-18-22-17(13-20-23-18)19-12-11-14-7-3-2-4-8-14/h2-10,13H,11-12H2,1H3,(H2,19,21,22,23). The van der Waals surface area contributed by atoms with Gasteiger partial charge in [-0.1, -0.05) is 42.5 Å². The zero-order valence-electron chi connectivity index (χ0n) is 13.4. The van der Waals surface area contributed by atoms with E-state index in [0.717, 1.165) is 24.4 Å². The van der Waals surface area contributed by atoms with Crippen LogP contribution in [0.15, 0.2) is 60.8 Å². The summed E-state index contributed by atoms with van der Waals surface area (Å²) in [4.78, 5) is 4.42. The van der Waals surface area contributed by atoms with Crippen LogP contribution < -0.4 is 15.4 Å². The lowest BCUT2D eigenvalue weighted by Gasteiger charge is -2.10. The lowest BCUT2D eigenvalue weighted by molar-refractivity contribution is 0.417. The Morgan fingerprint density at radius 3 is 2.62 bits per heavy atom. The Labute approximate surface area is 140 Å². The summed E-state index contributed by atoms with van der Waals surface area (Å²) in [5.74, 6) is 1.83. The molecule has 2 aromatic carbocycles. The van der Waals surface area contributed by atoms with Crippen LogP contribution in [0.1, 0.15) is 5.56 Å². The average molecular weight is 321 g/mol. The van der Waals surface area contributed by atoms with Crippen molar-refractivity contribution in [3.8, 4) is 5.75 Å². The molecule has 0 aliphatic carbocycles. The van der Waals surface area contributed by atoms with E-state index in [1.54, 1.807) is 13.3 Å². The van der Waals surface area contributed by atoms with Crippen LogP contribution in [0, 0.1) is 0 Å². The number of rotatable bonds is 7. The van der Waals surface area contributed by atoms with E-state index in [9.17, 15) is 0 Å². The van der Waals surface area contributed by atoms with E-state index in [4.69, 9.17) is 4.74 Å². The Morgan fingerprint density at radius 2 is 1.79 bits per heavy atom. The van der Waals surface area contributed by atoms with E-state index < -0.39 is 0 Å². The molecule has 0 aliphatic heterocycles. The van der Waals surface area contributed by atoms with Crippen molar-refractivity contribution in [2.24, 2.45) is 0 Å². The van der Waals surface area contributed by atoms with E-state index in [2.05, 4.69) is 37.9 Å². The number of anilines is 3. The number of hydrogen-bond donors (Lipinski definition) is 2. The Bertz CT molecular complexity index is 779. The first-order valence-electron chi connectivity index (χ1n) is 7.73. The molecule has 0 atom stereocenters. The van der Waals surface area contributed by atoms with Crippen LogP contribution in [0.5, 0.6) is 5.75 Å². The van der Waals surface area contributed by atoms with Crippen molar-refractivity contribution in [2.75, 3.05) is 24.3 Å². The number of benzene rings is 2. The van der Waals surface area contributed by atoms with Gasteiger partial charge in [-0.05, 0) is 24.1 Å². The van der Waals surface area contributed by atoms with Crippen LogP contribution >= 0.6 is 0 Å². The quantitative estimate of drug-likeness (QED) is 0.696. The van der Waals surface area contributed by atoms with Crippen molar-refractivity contribution in [2.45, 2.75) is 6.42 Å². The van der Waals surface area contributed by atoms with Gasteiger partial charge in [-0.2, -0.15) is 10.1 Å². The normalized spacial score (nSPS) is 10.2. The molecule has 122 valence electrons. The number of aromatic nitrogens is 3. The summed E-state index contributed by atoms with van der Waals surface area (Å²) in [6, 6.07) is 17.9. The highest BCUT2D eigenvalue weighted by Crippen LogP contribution is 2.25. The first kappa shape index (κ1) is 15.7. The largest absolute Gasteiger partial charge is 0.495 e. The van der Waals surface area contributed by atoms with Crippen molar-refractivity contribution < 1.29 is 4.74 Å². The highest BCUT2D eigenvalue weighted by Gasteiger charge is 2.05. The van der Waals surface area contributed by atoms with Crippen LogP contribution in [0.3, 0.4) is 0 Å².